The molecule has 2 N–H and O–H groups in total. The minimum atomic E-state index is -0.364. The molecular weight excluding hydrogens is 271 g/mol. The second-order valence-electron chi connectivity index (χ2n) is 4.62. The van der Waals surface area contributed by atoms with Crippen LogP contribution in [-0.2, 0) is 11.2 Å². The molecule has 5 heteroatoms. The summed E-state index contributed by atoms with van der Waals surface area (Å²) >= 11 is 0. The summed E-state index contributed by atoms with van der Waals surface area (Å²) in [5.74, 6) is -0.603. The van der Waals surface area contributed by atoms with Crippen molar-refractivity contribution >= 4 is 17.3 Å². The molecule has 0 spiro atoms. The first-order valence-electron chi connectivity index (χ1n) is 6.42. The van der Waals surface area contributed by atoms with Crippen LogP contribution in [0.3, 0.4) is 0 Å². The Morgan fingerprint density at radius 1 is 1.24 bits per heavy atom. The number of hydrogen-bond donors (Lipinski definition) is 2. The number of hydrogen-bond acceptors (Lipinski definition) is 3. The van der Waals surface area contributed by atoms with Crippen LogP contribution >= 0.6 is 0 Å². The summed E-state index contributed by atoms with van der Waals surface area (Å²) < 4.78 is 13.1. The van der Waals surface area contributed by atoms with Gasteiger partial charge in [0.05, 0.1) is 12.1 Å². The first kappa shape index (κ1) is 14.7. The lowest BCUT2D eigenvalue weighted by Crippen LogP contribution is -2.14. The van der Waals surface area contributed by atoms with E-state index in [2.05, 4.69) is 10.5 Å². The number of nitrogens with zero attached hydrogens (tertiary/aromatic N) is 1. The van der Waals surface area contributed by atoms with Crippen molar-refractivity contribution in [3.8, 4) is 0 Å². The van der Waals surface area contributed by atoms with Gasteiger partial charge < -0.3 is 10.5 Å². The van der Waals surface area contributed by atoms with Crippen LogP contribution in [0.15, 0.2) is 53.7 Å². The number of oxime groups is 1. The average molecular weight is 286 g/mol. The fraction of sp³-hybridized carbons (Fsp3) is 0.125. The standard InChI is InChI=1S/C16H15FN2O2/c1-11(19-21)13-5-3-7-15(10-13)18-16(20)9-12-4-2-6-14(17)8-12/h2-8,10,21H,9H2,1H3,(H,18,20)/b19-11+. The number of benzene rings is 2. The van der Waals surface area contributed by atoms with E-state index in [0.29, 0.717) is 22.5 Å². The first-order valence-corrected chi connectivity index (χ1v) is 6.42. The van der Waals surface area contributed by atoms with Crippen molar-refractivity contribution in [2.24, 2.45) is 5.16 Å². The molecule has 1 amide bonds. The fourth-order valence-corrected chi connectivity index (χ4v) is 1.92. The number of amides is 1. The molecule has 0 saturated heterocycles. The van der Waals surface area contributed by atoms with Crippen LogP contribution in [0.4, 0.5) is 10.1 Å². The van der Waals surface area contributed by atoms with Crippen LogP contribution in [0.25, 0.3) is 0 Å². The normalized spacial score (nSPS) is 11.2. The number of halogens is 1. The van der Waals surface area contributed by atoms with Crippen LogP contribution < -0.4 is 5.32 Å². The van der Waals surface area contributed by atoms with Crippen molar-refractivity contribution in [1.29, 1.82) is 0 Å². The Bertz CT molecular complexity index is 683. The quantitative estimate of drug-likeness (QED) is 0.515. The summed E-state index contributed by atoms with van der Waals surface area (Å²) in [5, 5.41) is 14.6. The van der Waals surface area contributed by atoms with Gasteiger partial charge >= 0.3 is 0 Å². The molecule has 2 aromatic rings. The molecule has 21 heavy (non-hydrogen) atoms. The minimum Gasteiger partial charge on any atom is -0.411 e. The lowest BCUT2D eigenvalue weighted by molar-refractivity contribution is -0.115. The molecule has 2 rings (SSSR count). The molecule has 0 bridgehead atoms. The van der Waals surface area contributed by atoms with Gasteiger partial charge in [-0.25, -0.2) is 4.39 Å². The second kappa shape index (κ2) is 6.65. The van der Waals surface area contributed by atoms with Gasteiger partial charge in [-0.1, -0.05) is 29.4 Å². The highest BCUT2D eigenvalue weighted by molar-refractivity contribution is 6.00. The van der Waals surface area contributed by atoms with Gasteiger partial charge in [-0.3, -0.25) is 4.79 Å². The molecule has 0 radical (unpaired) electrons. The van der Waals surface area contributed by atoms with Crippen LogP contribution in [0.1, 0.15) is 18.1 Å². The lowest BCUT2D eigenvalue weighted by Gasteiger charge is -2.07. The predicted molar refractivity (Wildman–Crippen MR) is 79.2 cm³/mol. The number of carbonyl (C=O) groups is 1. The third-order valence-corrected chi connectivity index (χ3v) is 2.97. The van der Waals surface area contributed by atoms with Crippen LogP contribution in [0.2, 0.25) is 0 Å². The SMILES string of the molecule is C/C(=N\O)c1cccc(NC(=O)Cc2cccc(F)c2)c1. The summed E-state index contributed by atoms with van der Waals surface area (Å²) in [6.07, 6.45) is 0.0923. The van der Waals surface area contributed by atoms with Gasteiger partial charge in [0.15, 0.2) is 0 Å². The Balaban J connectivity index is 2.06. The highest BCUT2D eigenvalue weighted by Crippen LogP contribution is 2.13. The van der Waals surface area contributed by atoms with E-state index in [1.807, 2.05) is 0 Å². The monoisotopic (exact) mass is 286 g/mol. The van der Waals surface area contributed by atoms with Gasteiger partial charge in [0, 0.05) is 11.3 Å². The Labute approximate surface area is 121 Å². The molecule has 0 unspecified atom stereocenters. The zero-order chi connectivity index (χ0) is 15.2. The molecule has 0 fully saturated rings. The number of anilines is 1. The summed E-state index contributed by atoms with van der Waals surface area (Å²) in [6, 6.07) is 12.9. The summed E-state index contributed by atoms with van der Waals surface area (Å²) in [7, 11) is 0. The smallest absolute Gasteiger partial charge is 0.228 e. The van der Waals surface area contributed by atoms with Crippen molar-refractivity contribution < 1.29 is 14.4 Å². The molecule has 0 heterocycles. The topological polar surface area (TPSA) is 61.7 Å². The van der Waals surface area contributed by atoms with Gasteiger partial charge in [0.1, 0.15) is 5.82 Å². The molecule has 0 atom stereocenters. The highest BCUT2D eigenvalue weighted by Gasteiger charge is 2.06. The van der Waals surface area contributed by atoms with Crippen LogP contribution in [-0.4, -0.2) is 16.8 Å². The number of rotatable bonds is 4. The molecule has 0 aliphatic carbocycles. The maximum atomic E-state index is 13.1. The van der Waals surface area contributed by atoms with Gasteiger partial charge in [0.25, 0.3) is 0 Å². The second-order valence-corrected chi connectivity index (χ2v) is 4.62. The third-order valence-electron chi connectivity index (χ3n) is 2.97. The van der Waals surface area contributed by atoms with Gasteiger partial charge in [-0.15, -0.1) is 0 Å². The zero-order valence-corrected chi connectivity index (χ0v) is 11.5. The van der Waals surface area contributed by atoms with E-state index in [1.54, 1.807) is 43.3 Å². The molecule has 0 aromatic heterocycles. The van der Waals surface area contributed by atoms with E-state index >= 15 is 0 Å². The molecular formula is C16H15FN2O2. The highest BCUT2D eigenvalue weighted by atomic mass is 19.1. The minimum absolute atomic E-state index is 0.0923. The number of carbonyl (C=O) groups excluding carboxylic acids is 1. The summed E-state index contributed by atoms with van der Waals surface area (Å²) in [4.78, 5) is 11.9. The van der Waals surface area contributed by atoms with Crippen LogP contribution in [0, 0.1) is 5.82 Å². The van der Waals surface area contributed by atoms with Crippen molar-refractivity contribution in [2.75, 3.05) is 5.32 Å². The Kier molecular flexibility index (Phi) is 4.66. The Morgan fingerprint density at radius 2 is 2.00 bits per heavy atom. The van der Waals surface area contributed by atoms with Gasteiger partial charge in [0.2, 0.25) is 5.91 Å². The predicted octanol–water partition coefficient (Wildman–Crippen LogP) is 3.21. The summed E-state index contributed by atoms with van der Waals surface area (Å²) in [5.41, 5.74) is 2.37. The van der Waals surface area contributed by atoms with E-state index < -0.39 is 0 Å². The summed E-state index contributed by atoms with van der Waals surface area (Å²) in [6.45, 7) is 1.66. The van der Waals surface area contributed by atoms with Crippen molar-refractivity contribution in [2.45, 2.75) is 13.3 Å². The largest absolute Gasteiger partial charge is 0.411 e. The van der Waals surface area contributed by atoms with Gasteiger partial charge in [-0.05, 0) is 36.8 Å². The molecule has 4 nitrogen and oxygen atoms in total. The first-order chi connectivity index (χ1) is 10.1. The van der Waals surface area contributed by atoms with E-state index in [-0.39, 0.29) is 18.1 Å². The molecule has 0 saturated carbocycles. The van der Waals surface area contributed by atoms with E-state index in [1.165, 1.54) is 12.1 Å². The third kappa shape index (κ3) is 4.14. The fourth-order valence-electron chi connectivity index (χ4n) is 1.92. The molecule has 0 aliphatic heterocycles. The van der Waals surface area contributed by atoms with Crippen LogP contribution in [0.5, 0.6) is 0 Å². The van der Waals surface area contributed by atoms with E-state index in [0.717, 1.165) is 0 Å². The molecule has 2 aromatic carbocycles. The zero-order valence-electron chi connectivity index (χ0n) is 11.5. The van der Waals surface area contributed by atoms with E-state index in [4.69, 9.17) is 5.21 Å². The average Bonchev–Trinajstić information content (AvgIpc) is 2.46. The Hall–Kier alpha value is -2.69. The van der Waals surface area contributed by atoms with Crippen molar-refractivity contribution in [3.05, 3.63) is 65.5 Å². The van der Waals surface area contributed by atoms with E-state index in [9.17, 15) is 9.18 Å². The van der Waals surface area contributed by atoms with Crippen molar-refractivity contribution in [1.82, 2.24) is 0 Å². The van der Waals surface area contributed by atoms with Gasteiger partial charge in [-0.2, -0.15) is 0 Å². The Morgan fingerprint density at radius 3 is 2.71 bits per heavy atom. The van der Waals surface area contributed by atoms with Crippen molar-refractivity contribution in [3.63, 3.8) is 0 Å². The number of nitrogens with one attached hydrogen (secondary N) is 1. The molecule has 108 valence electrons. The lowest BCUT2D eigenvalue weighted by atomic mass is 10.1. The molecule has 0 aliphatic rings. The maximum Gasteiger partial charge on any atom is 0.228 e. The maximum absolute atomic E-state index is 13.1.